The van der Waals surface area contributed by atoms with Crippen LogP contribution >= 0.6 is 11.3 Å². The molecule has 2 aliphatic heterocycles. The summed E-state index contributed by atoms with van der Waals surface area (Å²) in [4.78, 5) is 43.5. The van der Waals surface area contributed by atoms with Gasteiger partial charge in [0, 0.05) is 31.1 Å². The van der Waals surface area contributed by atoms with E-state index in [2.05, 4.69) is 0 Å². The molecule has 0 saturated carbocycles. The van der Waals surface area contributed by atoms with Gasteiger partial charge in [-0.15, -0.1) is 11.3 Å². The Kier molecular flexibility index (Phi) is 4.77. The minimum atomic E-state index is -0.590. The number of halogens is 1. The Morgan fingerprint density at radius 1 is 1.21 bits per heavy atom. The average molecular weight is 417 g/mol. The molecule has 4 rings (SSSR count). The average Bonchev–Trinajstić information content (AvgIpc) is 3.07. The number of benzene rings is 1. The first-order valence-electron chi connectivity index (χ1n) is 9.11. The molecule has 0 fully saturated rings. The van der Waals surface area contributed by atoms with Gasteiger partial charge < -0.3 is 19.4 Å². The number of methoxy groups -OCH3 is 1. The second-order valence-electron chi connectivity index (χ2n) is 7.12. The predicted octanol–water partition coefficient (Wildman–Crippen LogP) is 2.14. The van der Waals surface area contributed by atoms with E-state index in [-0.39, 0.29) is 35.6 Å². The minimum Gasteiger partial charge on any atom is -0.494 e. The van der Waals surface area contributed by atoms with Crippen LogP contribution in [-0.4, -0.2) is 61.8 Å². The zero-order valence-corrected chi connectivity index (χ0v) is 17.1. The Balaban J connectivity index is 1.65. The molecule has 0 aliphatic carbocycles. The molecule has 3 heterocycles. The molecule has 1 aromatic heterocycles. The molecule has 0 radical (unpaired) electrons. The van der Waals surface area contributed by atoms with E-state index in [4.69, 9.17) is 4.74 Å². The highest BCUT2D eigenvalue weighted by Gasteiger charge is 2.36. The number of rotatable bonds is 2. The standard InChI is InChI=1S/C20H20FN3O4S/c1-22-10-16(25)23(2)20-17(19(22)27)12-6-7-24(9-15(12)29-20)18(26)11-4-5-14(28-3)13(21)8-11/h4-5,8H,6-7,9-10H2,1-3H3. The van der Waals surface area contributed by atoms with E-state index in [1.54, 1.807) is 19.0 Å². The van der Waals surface area contributed by atoms with Gasteiger partial charge in [-0.1, -0.05) is 0 Å². The molecule has 9 heteroatoms. The molecule has 0 saturated heterocycles. The number of hydrogen-bond acceptors (Lipinski definition) is 5. The van der Waals surface area contributed by atoms with E-state index in [1.807, 2.05) is 0 Å². The molecule has 0 bridgehead atoms. The summed E-state index contributed by atoms with van der Waals surface area (Å²) < 4.78 is 18.9. The lowest BCUT2D eigenvalue weighted by Gasteiger charge is -2.27. The third-order valence-electron chi connectivity index (χ3n) is 5.34. The van der Waals surface area contributed by atoms with Gasteiger partial charge in [0.1, 0.15) is 11.5 Å². The van der Waals surface area contributed by atoms with Gasteiger partial charge in [0.2, 0.25) is 5.91 Å². The van der Waals surface area contributed by atoms with Crippen LogP contribution in [-0.2, 0) is 17.8 Å². The van der Waals surface area contributed by atoms with Crippen LogP contribution in [0.4, 0.5) is 9.39 Å². The normalized spacial score (nSPS) is 16.5. The van der Waals surface area contributed by atoms with Crippen molar-refractivity contribution in [2.24, 2.45) is 0 Å². The van der Waals surface area contributed by atoms with E-state index in [0.717, 1.165) is 10.4 Å². The van der Waals surface area contributed by atoms with Gasteiger partial charge >= 0.3 is 0 Å². The lowest BCUT2D eigenvalue weighted by molar-refractivity contribution is -0.118. The summed E-state index contributed by atoms with van der Waals surface area (Å²) in [7, 11) is 4.65. The zero-order chi connectivity index (χ0) is 20.9. The number of fused-ring (bicyclic) bond motifs is 3. The number of ether oxygens (including phenoxy) is 1. The van der Waals surface area contributed by atoms with Gasteiger partial charge in [-0.25, -0.2) is 4.39 Å². The molecule has 1 aromatic carbocycles. The van der Waals surface area contributed by atoms with Crippen LogP contribution in [0.3, 0.4) is 0 Å². The summed E-state index contributed by atoms with van der Waals surface area (Å²) in [6.07, 6.45) is 0.507. The summed E-state index contributed by atoms with van der Waals surface area (Å²) in [6.45, 7) is 0.773. The number of hydrogen-bond donors (Lipinski definition) is 0. The molecule has 29 heavy (non-hydrogen) atoms. The Morgan fingerprint density at radius 3 is 2.66 bits per heavy atom. The van der Waals surface area contributed by atoms with Crippen molar-refractivity contribution in [1.82, 2.24) is 9.80 Å². The molecular weight excluding hydrogens is 397 g/mol. The van der Waals surface area contributed by atoms with Gasteiger partial charge in [0.25, 0.3) is 11.8 Å². The maximum Gasteiger partial charge on any atom is 0.257 e. The predicted molar refractivity (Wildman–Crippen MR) is 106 cm³/mol. The highest BCUT2D eigenvalue weighted by molar-refractivity contribution is 7.17. The van der Waals surface area contributed by atoms with Crippen molar-refractivity contribution >= 4 is 34.1 Å². The number of carbonyl (C=O) groups is 3. The number of amides is 3. The first kappa shape index (κ1) is 19.4. The van der Waals surface area contributed by atoms with E-state index < -0.39 is 5.82 Å². The van der Waals surface area contributed by atoms with Crippen LogP contribution in [0.15, 0.2) is 18.2 Å². The number of carbonyl (C=O) groups excluding carboxylic acids is 3. The van der Waals surface area contributed by atoms with Crippen LogP contribution < -0.4 is 9.64 Å². The van der Waals surface area contributed by atoms with Gasteiger partial charge in [0.05, 0.1) is 19.2 Å². The van der Waals surface area contributed by atoms with Crippen molar-refractivity contribution in [1.29, 1.82) is 0 Å². The first-order chi connectivity index (χ1) is 13.8. The van der Waals surface area contributed by atoms with Crippen molar-refractivity contribution < 1.29 is 23.5 Å². The molecule has 152 valence electrons. The van der Waals surface area contributed by atoms with Crippen molar-refractivity contribution in [3.63, 3.8) is 0 Å². The molecule has 7 nitrogen and oxygen atoms in total. The van der Waals surface area contributed by atoms with E-state index in [1.165, 1.54) is 46.4 Å². The zero-order valence-electron chi connectivity index (χ0n) is 16.3. The van der Waals surface area contributed by atoms with Crippen LogP contribution in [0.25, 0.3) is 0 Å². The summed E-state index contributed by atoms with van der Waals surface area (Å²) in [5.41, 5.74) is 1.70. The SMILES string of the molecule is COc1ccc(C(=O)N2CCc3c(sc4c3C(=O)N(C)CC(=O)N4C)C2)cc1F. The minimum absolute atomic E-state index is 0.0408. The van der Waals surface area contributed by atoms with Crippen LogP contribution in [0.1, 0.15) is 31.2 Å². The maximum atomic E-state index is 14.0. The van der Waals surface area contributed by atoms with E-state index >= 15 is 0 Å². The molecule has 0 unspecified atom stereocenters. The molecule has 2 aliphatic rings. The summed E-state index contributed by atoms with van der Waals surface area (Å²) >= 11 is 1.36. The Morgan fingerprint density at radius 2 is 1.97 bits per heavy atom. The van der Waals surface area contributed by atoms with Gasteiger partial charge in [-0.3, -0.25) is 14.4 Å². The van der Waals surface area contributed by atoms with Gasteiger partial charge in [-0.2, -0.15) is 0 Å². The molecule has 0 atom stereocenters. The van der Waals surface area contributed by atoms with Crippen LogP contribution in [0.5, 0.6) is 5.75 Å². The maximum absolute atomic E-state index is 14.0. The summed E-state index contributed by atoms with van der Waals surface area (Å²) in [5.74, 6) is -1.12. The highest BCUT2D eigenvalue weighted by Crippen LogP contribution is 2.41. The third-order valence-corrected chi connectivity index (χ3v) is 6.63. The quantitative estimate of drug-likeness (QED) is 0.751. The molecule has 0 N–H and O–H groups in total. The summed E-state index contributed by atoms with van der Waals surface area (Å²) in [6, 6.07) is 4.14. The fourth-order valence-corrected chi connectivity index (χ4v) is 5.02. The Labute approximate surface area is 171 Å². The van der Waals surface area contributed by atoms with Crippen LogP contribution in [0, 0.1) is 5.82 Å². The molecule has 3 amide bonds. The number of thiophene rings is 1. The van der Waals surface area contributed by atoms with Crippen LogP contribution in [0.2, 0.25) is 0 Å². The third kappa shape index (κ3) is 3.15. The topological polar surface area (TPSA) is 70.2 Å². The van der Waals surface area contributed by atoms with Crippen molar-refractivity contribution in [3.8, 4) is 5.75 Å². The smallest absolute Gasteiger partial charge is 0.257 e. The lowest BCUT2D eigenvalue weighted by atomic mass is 10.0. The highest BCUT2D eigenvalue weighted by atomic mass is 32.1. The van der Waals surface area contributed by atoms with Crippen molar-refractivity contribution in [2.75, 3.05) is 39.2 Å². The fourth-order valence-electron chi connectivity index (χ4n) is 3.69. The number of nitrogens with zero attached hydrogens (tertiary/aromatic N) is 3. The monoisotopic (exact) mass is 417 g/mol. The fraction of sp³-hybridized carbons (Fsp3) is 0.350. The molecule has 2 aromatic rings. The largest absolute Gasteiger partial charge is 0.494 e. The Hall–Kier alpha value is -2.94. The van der Waals surface area contributed by atoms with E-state index in [9.17, 15) is 18.8 Å². The molecular formula is C20H20FN3O4S. The second kappa shape index (κ2) is 7.14. The number of anilines is 1. The number of likely N-dealkylation sites (N-methyl/N-ethyl adjacent to an activating group) is 2. The second-order valence-corrected chi connectivity index (χ2v) is 8.21. The van der Waals surface area contributed by atoms with Gasteiger partial charge in [0.15, 0.2) is 11.6 Å². The van der Waals surface area contributed by atoms with E-state index in [0.29, 0.717) is 30.1 Å². The Bertz CT molecular complexity index is 1030. The van der Waals surface area contributed by atoms with Crippen molar-refractivity contribution in [3.05, 3.63) is 45.6 Å². The lowest BCUT2D eigenvalue weighted by Crippen LogP contribution is -2.37. The molecule has 0 spiro atoms. The van der Waals surface area contributed by atoms with Gasteiger partial charge in [-0.05, 0) is 30.2 Å². The first-order valence-corrected chi connectivity index (χ1v) is 9.92. The van der Waals surface area contributed by atoms with Crippen molar-refractivity contribution in [2.45, 2.75) is 13.0 Å². The summed E-state index contributed by atoms with van der Waals surface area (Å²) in [5, 5.41) is 0.624.